The molecule has 0 fully saturated rings. The van der Waals surface area contributed by atoms with E-state index < -0.39 is 0 Å². The zero-order valence-corrected chi connectivity index (χ0v) is 9.27. The highest BCUT2D eigenvalue weighted by molar-refractivity contribution is 6.36. The zero-order valence-electron chi connectivity index (χ0n) is 8.51. The molecule has 0 aliphatic carbocycles. The number of hydrogen-bond acceptors (Lipinski definition) is 2. The first-order chi connectivity index (χ1) is 7.27. The first-order valence-electron chi connectivity index (χ1n) is 4.80. The van der Waals surface area contributed by atoms with Crippen LogP contribution >= 0.6 is 11.6 Å². The molecule has 4 heteroatoms. The third-order valence-corrected chi connectivity index (χ3v) is 2.85. The monoisotopic (exact) mass is 224 g/mol. The van der Waals surface area contributed by atoms with Crippen LogP contribution in [0, 0.1) is 0 Å². The highest BCUT2D eigenvalue weighted by Crippen LogP contribution is 2.33. The third-order valence-electron chi connectivity index (χ3n) is 2.48. The summed E-state index contributed by atoms with van der Waals surface area (Å²) in [6.45, 7) is 0.636. The van der Waals surface area contributed by atoms with Crippen LogP contribution in [0.2, 0.25) is 5.02 Å². The molecule has 0 saturated heterocycles. The molecular formula is C11H13ClN2O. The van der Waals surface area contributed by atoms with Crippen LogP contribution in [0.1, 0.15) is 5.56 Å². The van der Waals surface area contributed by atoms with Crippen molar-refractivity contribution in [2.45, 2.75) is 6.42 Å². The second-order valence-electron chi connectivity index (χ2n) is 3.36. The molecule has 0 bridgehead atoms. The van der Waals surface area contributed by atoms with E-state index in [1.165, 1.54) is 5.56 Å². The number of halogens is 1. The molecule has 0 spiro atoms. The van der Waals surface area contributed by atoms with Crippen molar-refractivity contribution in [1.82, 2.24) is 4.98 Å². The average molecular weight is 225 g/mol. The van der Waals surface area contributed by atoms with Crippen LogP contribution in [0.3, 0.4) is 0 Å². The minimum atomic E-state index is 0.623. The summed E-state index contributed by atoms with van der Waals surface area (Å²) in [6.07, 6.45) is 2.80. The summed E-state index contributed by atoms with van der Waals surface area (Å²) in [5, 5.41) is 1.74. The summed E-state index contributed by atoms with van der Waals surface area (Å²) in [5.41, 5.74) is 7.64. The van der Waals surface area contributed by atoms with E-state index in [4.69, 9.17) is 22.1 Å². The van der Waals surface area contributed by atoms with Gasteiger partial charge >= 0.3 is 0 Å². The summed E-state index contributed by atoms with van der Waals surface area (Å²) in [5.74, 6) is 0.685. The van der Waals surface area contributed by atoms with Gasteiger partial charge in [-0.1, -0.05) is 11.6 Å². The zero-order chi connectivity index (χ0) is 10.8. The van der Waals surface area contributed by atoms with E-state index in [-0.39, 0.29) is 0 Å². The normalized spacial score (nSPS) is 10.9. The SMILES string of the molecule is COc1ccc2c(CCN)c[nH]c2c1Cl. The van der Waals surface area contributed by atoms with Gasteiger partial charge in [-0.2, -0.15) is 0 Å². The van der Waals surface area contributed by atoms with Crippen LogP contribution in [-0.2, 0) is 6.42 Å². The molecule has 0 radical (unpaired) electrons. The van der Waals surface area contributed by atoms with Gasteiger partial charge in [0.25, 0.3) is 0 Å². The first kappa shape index (κ1) is 10.3. The van der Waals surface area contributed by atoms with Crippen LogP contribution < -0.4 is 10.5 Å². The van der Waals surface area contributed by atoms with E-state index in [1.807, 2.05) is 18.3 Å². The van der Waals surface area contributed by atoms with Crippen LogP contribution in [0.5, 0.6) is 5.75 Å². The number of rotatable bonds is 3. The number of ether oxygens (including phenoxy) is 1. The first-order valence-corrected chi connectivity index (χ1v) is 5.18. The molecule has 2 aromatic rings. The van der Waals surface area contributed by atoms with Gasteiger partial charge in [0, 0.05) is 11.6 Å². The fraction of sp³-hybridized carbons (Fsp3) is 0.273. The number of hydrogen-bond donors (Lipinski definition) is 2. The molecule has 3 N–H and O–H groups in total. The number of methoxy groups -OCH3 is 1. The average Bonchev–Trinajstić information content (AvgIpc) is 2.64. The molecule has 1 aromatic heterocycles. The van der Waals surface area contributed by atoms with Crippen molar-refractivity contribution in [3.63, 3.8) is 0 Å². The highest BCUT2D eigenvalue weighted by atomic mass is 35.5. The number of aromatic amines is 1. The molecule has 1 aromatic carbocycles. The van der Waals surface area contributed by atoms with Gasteiger partial charge < -0.3 is 15.5 Å². The lowest BCUT2D eigenvalue weighted by atomic mass is 10.1. The van der Waals surface area contributed by atoms with Gasteiger partial charge in [-0.3, -0.25) is 0 Å². The van der Waals surface area contributed by atoms with Crippen LogP contribution in [0.15, 0.2) is 18.3 Å². The Balaban J connectivity index is 2.60. The summed E-state index contributed by atoms with van der Waals surface area (Å²) in [4.78, 5) is 3.15. The topological polar surface area (TPSA) is 51.0 Å². The van der Waals surface area contributed by atoms with E-state index in [0.29, 0.717) is 17.3 Å². The summed E-state index contributed by atoms with van der Waals surface area (Å²) in [7, 11) is 1.61. The maximum absolute atomic E-state index is 6.17. The van der Waals surface area contributed by atoms with Gasteiger partial charge in [0.2, 0.25) is 0 Å². The summed E-state index contributed by atoms with van der Waals surface area (Å²) >= 11 is 6.17. The highest BCUT2D eigenvalue weighted by Gasteiger charge is 2.09. The van der Waals surface area contributed by atoms with Crippen LogP contribution in [0.25, 0.3) is 10.9 Å². The predicted molar refractivity (Wildman–Crippen MR) is 62.6 cm³/mol. The quantitative estimate of drug-likeness (QED) is 0.841. The predicted octanol–water partition coefficient (Wildman–Crippen LogP) is 2.33. The second-order valence-corrected chi connectivity index (χ2v) is 3.73. The number of fused-ring (bicyclic) bond motifs is 1. The Hall–Kier alpha value is -1.19. The molecule has 15 heavy (non-hydrogen) atoms. The van der Waals surface area contributed by atoms with Gasteiger partial charge in [-0.25, -0.2) is 0 Å². The van der Waals surface area contributed by atoms with E-state index in [1.54, 1.807) is 7.11 Å². The van der Waals surface area contributed by atoms with E-state index in [0.717, 1.165) is 17.3 Å². The molecule has 3 nitrogen and oxygen atoms in total. The van der Waals surface area contributed by atoms with E-state index in [9.17, 15) is 0 Å². The van der Waals surface area contributed by atoms with Crippen molar-refractivity contribution < 1.29 is 4.74 Å². The fourth-order valence-electron chi connectivity index (χ4n) is 1.72. The summed E-state index contributed by atoms with van der Waals surface area (Å²) < 4.78 is 5.15. The molecule has 0 aliphatic heterocycles. The largest absolute Gasteiger partial charge is 0.495 e. The van der Waals surface area contributed by atoms with Gasteiger partial charge in [-0.15, -0.1) is 0 Å². The van der Waals surface area contributed by atoms with Crippen molar-refractivity contribution in [2.75, 3.05) is 13.7 Å². The summed E-state index contributed by atoms with van der Waals surface area (Å²) in [6, 6.07) is 3.88. The Labute approximate surface area is 93.2 Å². The van der Waals surface area contributed by atoms with Gasteiger partial charge in [0.05, 0.1) is 12.6 Å². The Morgan fingerprint density at radius 3 is 2.93 bits per heavy atom. The molecule has 80 valence electrons. The minimum absolute atomic E-state index is 0.623. The van der Waals surface area contributed by atoms with Crippen molar-refractivity contribution in [3.8, 4) is 5.75 Å². The lowest BCUT2D eigenvalue weighted by molar-refractivity contribution is 0.415. The molecule has 0 saturated carbocycles. The lowest BCUT2D eigenvalue weighted by Gasteiger charge is -2.03. The standard InChI is InChI=1S/C11H13ClN2O/c1-15-9-3-2-8-7(4-5-13)6-14-11(8)10(9)12/h2-3,6,14H,4-5,13H2,1H3. The molecule has 0 unspecified atom stereocenters. The van der Waals surface area contributed by atoms with E-state index >= 15 is 0 Å². The maximum atomic E-state index is 6.17. The smallest absolute Gasteiger partial charge is 0.139 e. The molecular weight excluding hydrogens is 212 g/mol. The van der Waals surface area contributed by atoms with Gasteiger partial charge in [-0.05, 0) is 30.7 Å². The van der Waals surface area contributed by atoms with Crippen molar-refractivity contribution >= 4 is 22.5 Å². The minimum Gasteiger partial charge on any atom is -0.495 e. The second kappa shape index (κ2) is 4.13. The molecule has 0 atom stereocenters. The number of H-pyrrole nitrogens is 1. The number of benzene rings is 1. The third kappa shape index (κ3) is 1.68. The number of nitrogens with one attached hydrogen (secondary N) is 1. The fourth-order valence-corrected chi connectivity index (χ4v) is 2.02. The Bertz CT molecular complexity index is 479. The molecule has 2 rings (SSSR count). The van der Waals surface area contributed by atoms with Gasteiger partial charge in [0.15, 0.2) is 0 Å². The molecule has 0 aliphatic rings. The number of aromatic nitrogens is 1. The van der Waals surface area contributed by atoms with Gasteiger partial charge in [0.1, 0.15) is 10.8 Å². The van der Waals surface area contributed by atoms with Crippen molar-refractivity contribution in [1.29, 1.82) is 0 Å². The van der Waals surface area contributed by atoms with Crippen LogP contribution in [-0.4, -0.2) is 18.6 Å². The van der Waals surface area contributed by atoms with Crippen molar-refractivity contribution in [3.05, 3.63) is 28.9 Å². The van der Waals surface area contributed by atoms with Crippen LogP contribution in [0.4, 0.5) is 0 Å². The Morgan fingerprint density at radius 2 is 2.27 bits per heavy atom. The van der Waals surface area contributed by atoms with Crippen molar-refractivity contribution in [2.24, 2.45) is 5.73 Å². The van der Waals surface area contributed by atoms with E-state index in [2.05, 4.69) is 4.98 Å². The molecule has 0 amide bonds. The Morgan fingerprint density at radius 1 is 1.47 bits per heavy atom. The lowest BCUT2D eigenvalue weighted by Crippen LogP contribution is -2.01. The molecule has 1 heterocycles. The Kier molecular flexibility index (Phi) is 2.84. The number of nitrogens with two attached hydrogens (primary N) is 1. The maximum Gasteiger partial charge on any atom is 0.139 e.